The Bertz CT molecular complexity index is 1070. The molecule has 1 N–H and O–H groups in total. The van der Waals surface area contributed by atoms with Gasteiger partial charge in [0.15, 0.2) is 11.7 Å². The second-order valence-corrected chi connectivity index (χ2v) is 6.52. The molecule has 29 heavy (non-hydrogen) atoms. The van der Waals surface area contributed by atoms with Crippen molar-refractivity contribution in [3.05, 3.63) is 102 Å². The highest BCUT2D eigenvalue weighted by Gasteiger charge is 2.19. The van der Waals surface area contributed by atoms with E-state index in [0.29, 0.717) is 29.4 Å². The van der Waals surface area contributed by atoms with Crippen LogP contribution in [0.3, 0.4) is 0 Å². The molecule has 146 valence electrons. The number of furan rings is 1. The Balaban J connectivity index is 1.41. The topological polar surface area (TPSA) is 68.3 Å². The summed E-state index contributed by atoms with van der Waals surface area (Å²) in [4.78, 5) is 16.7. The van der Waals surface area contributed by atoms with Crippen LogP contribution in [-0.2, 0) is 11.2 Å². The SMILES string of the molecule is O=C(CCc1ncc(-c2ccccc2F)o1)NC(c1ccccc1)c1ccco1. The number of hydrogen-bond donors (Lipinski definition) is 1. The minimum absolute atomic E-state index is 0.166. The number of benzene rings is 2. The van der Waals surface area contributed by atoms with Crippen molar-refractivity contribution in [2.24, 2.45) is 0 Å². The van der Waals surface area contributed by atoms with Crippen molar-refractivity contribution >= 4 is 5.91 Å². The van der Waals surface area contributed by atoms with E-state index >= 15 is 0 Å². The fourth-order valence-corrected chi connectivity index (χ4v) is 3.08. The third kappa shape index (κ3) is 4.43. The summed E-state index contributed by atoms with van der Waals surface area (Å²) in [6.07, 6.45) is 3.54. The number of carbonyl (C=O) groups excluding carboxylic acids is 1. The first kappa shape index (κ1) is 18.7. The van der Waals surface area contributed by atoms with Crippen molar-refractivity contribution in [1.82, 2.24) is 10.3 Å². The van der Waals surface area contributed by atoms with E-state index in [2.05, 4.69) is 10.3 Å². The summed E-state index contributed by atoms with van der Waals surface area (Å²) in [5.74, 6) is 0.837. The van der Waals surface area contributed by atoms with E-state index in [4.69, 9.17) is 8.83 Å². The van der Waals surface area contributed by atoms with Gasteiger partial charge in [-0.05, 0) is 29.8 Å². The molecule has 4 aromatic rings. The van der Waals surface area contributed by atoms with Crippen molar-refractivity contribution in [2.45, 2.75) is 18.9 Å². The van der Waals surface area contributed by atoms with Crippen LogP contribution in [0.25, 0.3) is 11.3 Å². The van der Waals surface area contributed by atoms with Gasteiger partial charge in [0.1, 0.15) is 17.6 Å². The second kappa shape index (κ2) is 8.56. The van der Waals surface area contributed by atoms with Crippen LogP contribution in [0.15, 0.2) is 88.0 Å². The van der Waals surface area contributed by atoms with Gasteiger partial charge < -0.3 is 14.2 Å². The van der Waals surface area contributed by atoms with Gasteiger partial charge in [-0.2, -0.15) is 0 Å². The minimum atomic E-state index is -0.378. The van der Waals surface area contributed by atoms with Gasteiger partial charge in [0.05, 0.1) is 18.0 Å². The van der Waals surface area contributed by atoms with Gasteiger partial charge >= 0.3 is 0 Å². The van der Waals surface area contributed by atoms with Gasteiger partial charge in [0.2, 0.25) is 5.91 Å². The molecule has 5 nitrogen and oxygen atoms in total. The van der Waals surface area contributed by atoms with Crippen LogP contribution in [0.4, 0.5) is 4.39 Å². The van der Waals surface area contributed by atoms with Crippen LogP contribution < -0.4 is 5.32 Å². The standard InChI is InChI=1S/C23H19FN2O3/c24-18-10-5-4-9-17(18)20-15-25-22(29-20)13-12-21(27)26-23(19-11-6-14-28-19)16-7-2-1-3-8-16/h1-11,14-15,23H,12-13H2,(H,26,27). The lowest BCUT2D eigenvalue weighted by atomic mass is 10.0. The summed E-state index contributed by atoms with van der Waals surface area (Å²) in [5.41, 5.74) is 1.27. The number of carbonyl (C=O) groups is 1. The lowest BCUT2D eigenvalue weighted by Crippen LogP contribution is -2.29. The Labute approximate surface area is 167 Å². The molecule has 0 aliphatic carbocycles. The zero-order chi connectivity index (χ0) is 20.1. The normalized spacial score (nSPS) is 11.9. The summed E-state index contributed by atoms with van der Waals surface area (Å²) in [6.45, 7) is 0. The van der Waals surface area contributed by atoms with Crippen molar-refractivity contribution < 1.29 is 18.0 Å². The number of rotatable bonds is 7. The van der Waals surface area contributed by atoms with Gasteiger partial charge in [0.25, 0.3) is 0 Å². The smallest absolute Gasteiger partial charge is 0.221 e. The third-order valence-corrected chi connectivity index (χ3v) is 4.52. The van der Waals surface area contributed by atoms with E-state index < -0.39 is 0 Å². The van der Waals surface area contributed by atoms with Crippen molar-refractivity contribution in [2.75, 3.05) is 0 Å². The summed E-state index contributed by atoms with van der Waals surface area (Å²) in [6, 6.07) is 19.2. The van der Waals surface area contributed by atoms with Gasteiger partial charge in [0, 0.05) is 12.8 Å². The van der Waals surface area contributed by atoms with Crippen molar-refractivity contribution in [3.63, 3.8) is 0 Å². The van der Waals surface area contributed by atoms with Crippen LogP contribution in [0.2, 0.25) is 0 Å². The molecule has 4 rings (SSSR count). The van der Waals surface area contributed by atoms with Crippen LogP contribution in [0.1, 0.15) is 29.7 Å². The summed E-state index contributed by atoms with van der Waals surface area (Å²) >= 11 is 0. The summed E-state index contributed by atoms with van der Waals surface area (Å²) in [5, 5.41) is 2.99. The minimum Gasteiger partial charge on any atom is -0.467 e. The average Bonchev–Trinajstić information content (AvgIpc) is 3.44. The molecule has 0 radical (unpaired) electrons. The van der Waals surface area contributed by atoms with E-state index in [0.717, 1.165) is 5.56 Å². The van der Waals surface area contributed by atoms with E-state index in [1.807, 2.05) is 36.4 Å². The molecule has 0 aliphatic heterocycles. The monoisotopic (exact) mass is 390 g/mol. The van der Waals surface area contributed by atoms with Crippen molar-refractivity contribution in [1.29, 1.82) is 0 Å². The fraction of sp³-hybridized carbons (Fsp3) is 0.130. The number of halogens is 1. The maximum atomic E-state index is 13.9. The number of nitrogens with one attached hydrogen (secondary N) is 1. The van der Waals surface area contributed by atoms with Gasteiger partial charge in [-0.25, -0.2) is 9.37 Å². The number of hydrogen-bond acceptors (Lipinski definition) is 4. The van der Waals surface area contributed by atoms with Gasteiger partial charge in [-0.1, -0.05) is 42.5 Å². The van der Waals surface area contributed by atoms with E-state index in [9.17, 15) is 9.18 Å². The highest BCUT2D eigenvalue weighted by Crippen LogP contribution is 2.24. The lowest BCUT2D eigenvalue weighted by Gasteiger charge is -2.17. The molecule has 0 spiro atoms. The van der Waals surface area contributed by atoms with E-state index in [1.165, 1.54) is 12.3 Å². The summed E-state index contributed by atoms with van der Waals surface area (Å²) in [7, 11) is 0. The van der Waals surface area contributed by atoms with Crippen molar-refractivity contribution in [3.8, 4) is 11.3 Å². The molecule has 1 unspecified atom stereocenters. The highest BCUT2D eigenvalue weighted by molar-refractivity contribution is 5.77. The molecule has 0 saturated carbocycles. The largest absolute Gasteiger partial charge is 0.467 e. The fourth-order valence-electron chi connectivity index (χ4n) is 3.08. The number of aromatic nitrogens is 1. The zero-order valence-electron chi connectivity index (χ0n) is 15.5. The first-order chi connectivity index (χ1) is 14.2. The number of amides is 1. The van der Waals surface area contributed by atoms with Gasteiger partial charge in [-0.15, -0.1) is 0 Å². The second-order valence-electron chi connectivity index (χ2n) is 6.52. The molecule has 2 aromatic carbocycles. The van der Waals surface area contributed by atoms with Crippen LogP contribution in [-0.4, -0.2) is 10.9 Å². The van der Waals surface area contributed by atoms with E-state index in [1.54, 1.807) is 30.5 Å². The van der Waals surface area contributed by atoms with Crippen LogP contribution in [0.5, 0.6) is 0 Å². The van der Waals surface area contributed by atoms with E-state index in [-0.39, 0.29) is 24.2 Å². The van der Waals surface area contributed by atoms with Crippen LogP contribution in [0, 0.1) is 5.82 Å². The highest BCUT2D eigenvalue weighted by atomic mass is 19.1. The molecule has 0 fully saturated rings. The van der Waals surface area contributed by atoms with Gasteiger partial charge in [-0.3, -0.25) is 4.79 Å². The predicted molar refractivity (Wildman–Crippen MR) is 105 cm³/mol. The number of aryl methyl sites for hydroxylation is 1. The molecule has 1 atom stereocenters. The van der Waals surface area contributed by atoms with Crippen LogP contribution >= 0.6 is 0 Å². The Morgan fingerprint density at radius 3 is 2.59 bits per heavy atom. The molecular formula is C23H19FN2O3. The first-order valence-electron chi connectivity index (χ1n) is 9.28. The maximum Gasteiger partial charge on any atom is 0.221 e. The molecule has 0 aliphatic rings. The first-order valence-corrected chi connectivity index (χ1v) is 9.28. The number of nitrogens with zero attached hydrogens (tertiary/aromatic N) is 1. The quantitative estimate of drug-likeness (QED) is 0.487. The predicted octanol–water partition coefficient (Wildman–Crippen LogP) is 4.91. The Kier molecular flexibility index (Phi) is 5.52. The molecular weight excluding hydrogens is 371 g/mol. The molecule has 2 heterocycles. The molecule has 0 saturated heterocycles. The third-order valence-electron chi connectivity index (χ3n) is 4.52. The Morgan fingerprint density at radius 2 is 1.83 bits per heavy atom. The Morgan fingerprint density at radius 1 is 1.03 bits per heavy atom. The molecule has 1 amide bonds. The lowest BCUT2D eigenvalue weighted by molar-refractivity contribution is -0.121. The maximum absolute atomic E-state index is 13.9. The number of oxazole rings is 1. The molecule has 6 heteroatoms. The molecule has 0 bridgehead atoms. The summed E-state index contributed by atoms with van der Waals surface area (Å²) < 4.78 is 25.0. The Hall–Kier alpha value is -3.67. The molecule has 2 aromatic heterocycles. The average molecular weight is 390 g/mol. The zero-order valence-corrected chi connectivity index (χ0v) is 15.5.